The smallest absolute Gasteiger partial charge is 0.122 e. The number of hydrogen-bond acceptors (Lipinski definition) is 3. The largest absolute Gasteiger partial charge is 0.488 e. The van der Waals surface area contributed by atoms with Crippen LogP contribution in [0, 0.1) is 3.57 Å². The topological polar surface area (TPSA) is 21.3 Å². The zero-order valence-electron chi connectivity index (χ0n) is 12.1. The first kappa shape index (κ1) is 15.8. The van der Waals surface area contributed by atoms with Crippen molar-refractivity contribution in [2.24, 2.45) is 0 Å². The first-order valence-corrected chi connectivity index (χ1v) is 8.53. The van der Waals surface area contributed by atoms with Crippen LogP contribution in [-0.2, 0) is 13.2 Å². The average Bonchev–Trinajstić information content (AvgIpc) is 2.81. The van der Waals surface area contributed by atoms with E-state index in [1.807, 2.05) is 23.5 Å². The summed E-state index contributed by atoms with van der Waals surface area (Å²) >= 11 is 4.10. The van der Waals surface area contributed by atoms with Gasteiger partial charge in [0.25, 0.3) is 0 Å². The van der Waals surface area contributed by atoms with E-state index in [-0.39, 0.29) is 5.54 Å². The summed E-state index contributed by atoms with van der Waals surface area (Å²) in [6.45, 7) is 8.10. The molecule has 0 amide bonds. The molecule has 0 saturated heterocycles. The van der Waals surface area contributed by atoms with E-state index in [4.69, 9.17) is 4.74 Å². The van der Waals surface area contributed by atoms with Crippen LogP contribution in [-0.4, -0.2) is 5.54 Å². The van der Waals surface area contributed by atoms with Gasteiger partial charge in [-0.1, -0.05) is 6.07 Å². The highest BCUT2D eigenvalue weighted by molar-refractivity contribution is 14.1. The van der Waals surface area contributed by atoms with Crippen LogP contribution in [0.25, 0.3) is 0 Å². The number of benzene rings is 1. The van der Waals surface area contributed by atoms with Gasteiger partial charge in [-0.05, 0) is 73.7 Å². The molecule has 0 radical (unpaired) electrons. The van der Waals surface area contributed by atoms with Crippen molar-refractivity contribution < 1.29 is 4.74 Å². The van der Waals surface area contributed by atoms with Crippen LogP contribution >= 0.6 is 33.9 Å². The molecule has 108 valence electrons. The summed E-state index contributed by atoms with van der Waals surface area (Å²) < 4.78 is 7.01. The van der Waals surface area contributed by atoms with Gasteiger partial charge in [-0.15, -0.1) is 11.3 Å². The second-order valence-corrected chi connectivity index (χ2v) is 8.22. The van der Waals surface area contributed by atoms with E-state index in [0.29, 0.717) is 6.61 Å². The van der Waals surface area contributed by atoms with E-state index in [9.17, 15) is 0 Å². The van der Waals surface area contributed by atoms with Gasteiger partial charge < -0.3 is 10.1 Å². The number of hydrogen-bond donors (Lipinski definition) is 1. The summed E-state index contributed by atoms with van der Waals surface area (Å²) in [5.74, 6) is 0.930. The van der Waals surface area contributed by atoms with Crippen LogP contribution in [0.5, 0.6) is 5.75 Å². The van der Waals surface area contributed by atoms with E-state index < -0.39 is 0 Å². The molecule has 2 rings (SSSR count). The molecule has 0 saturated carbocycles. The summed E-state index contributed by atoms with van der Waals surface area (Å²) in [6, 6.07) is 12.5. The fourth-order valence-corrected chi connectivity index (χ4v) is 3.04. The molecule has 2 nitrogen and oxygen atoms in total. The molecule has 2 aromatic rings. The Labute approximate surface area is 138 Å². The normalized spacial score (nSPS) is 11.6. The minimum atomic E-state index is 0.154. The van der Waals surface area contributed by atoms with Crippen molar-refractivity contribution in [2.45, 2.75) is 39.5 Å². The zero-order valence-corrected chi connectivity index (χ0v) is 15.0. The molecule has 20 heavy (non-hydrogen) atoms. The van der Waals surface area contributed by atoms with Crippen molar-refractivity contribution in [3.05, 3.63) is 49.7 Å². The summed E-state index contributed by atoms with van der Waals surface area (Å²) in [7, 11) is 0. The average molecular weight is 401 g/mol. The summed E-state index contributed by atoms with van der Waals surface area (Å²) in [4.78, 5) is 2.61. The second-order valence-electron chi connectivity index (χ2n) is 5.72. The third kappa shape index (κ3) is 5.42. The standard InChI is InChI=1S/C16H20INOS/c1-16(2,3)18-10-14-7-8-15(20-14)11-19-13-6-4-5-12(17)9-13/h4-9,18H,10-11H2,1-3H3. The Hall–Kier alpha value is -0.590. The Morgan fingerprint density at radius 1 is 1.15 bits per heavy atom. The van der Waals surface area contributed by atoms with Crippen molar-refractivity contribution >= 4 is 33.9 Å². The van der Waals surface area contributed by atoms with Gasteiger partial charge in [0.1, 0.15) is 12.4 Å². The number of ether oxygens (including phenoxy) is 1. The van der Waals surface area contributed by atoms with Crippen LogP contribution in [0.3, 0.4) is 0 Å². The van der Waals surface area contributed by atoms with Gasteiger partial charge in [0.05, 0.1) is 0 Å². The Balaban J connectivity index is 1.87. The highest BCUT2D eigenvalue weighted by atomic mass is 127. The SMILES string of the molecule is CC(C)(C)NCc1ccc(COc2cccc(I)c2)s1. The van der Waals surface area contributed by atoms with E-state index in [0.717, 1.165) is 12.3 Å². The fourth-order valence-electron chi connectivity index (χ4n) is 1.66. The molecule has 0 bridgehead atoms. The van der Waals surface area contributed by atoms with Gasteiger partial charge in [-0.25, -0.2) is 0 Å². The van der Waals surface area contributed by atoms with Crippen molar-refractivity contribution in [3.8, 4) is 5.75 Å². The molecule has 0 aliphatic rings. The summed E-state index contributed by atoms with van der Waals surface area (Å²) in [5, 5.41) is 3.50. The first-order valence-electron chi connectivity index (χ1n) is 6.63. The lowest BCUT2D eigenvalue weighted by atomic mass is 10.1. The highest BCUT2D eigenvalue weighted by Crippen LogP contribution is 2.21. The molecule has 0 aliphatic carbocycles. The molecule has 0 atom stereocenters. The maximum atomic E-state index is 5.82. The predicted molar refractivity (Wildman–Crippen MR) is 94.4 cm³/mol. The Morgan fingerprint density at radius 2 is 1.90 bits per heavy atom. The first-order chi connectivity index (χ1) is 9.42. The van der Waals surface area contributed by atoms with Gasteiger partial charge in [0, 0.05) is 25.4 Å². The zero-order chi connectivity index (χ0) is 14.6. The lowest BCUT2D eigenvalue weighted by Gasteiger charge is -2.19. The molecule has 1 aromatic heterocycles. The summed E-state index contributed by atoms with van der Waals surface area (Å²) in [5.41, 5.74) is 0.154. The highest BCUT2D eigenvalue weighted by Gasteiger charge is 2.09. The molecule has 1 aromatic carbocycles. The lowest BCUT2D eigenvalue weighted by Crippen LogP contribution is -2.34. The van der Waals surface area contributed by atoms with Crippen molar-refractivity contribution in [1.29, 1.82) is 0 Å². The Bertz CT molecular complexity index is 560. The maximum absolute atomic E-state index is 5.82. The number of thiophene rings is 1. The molecule has 1 heterocycles. The number of halogens is 1. The van der Waals surface area contributed by atoms with Crippen LogP contribution < -0.4 is 10.1 Å². The quantitative estimate of drug-likeness (QED) is 0.726. The van der Waals surface area contributed by atoms with E-state index in [2.05, 4.69) is 72.9 Å². The van der Waals surface area contributed by atoms with Crippen LogP contribution in [0.15, 0.2) is 36.4 Å². The van der Waals surface area contributed by atoms with Gasteiger partial charge in [-0.3, -0.25) is 0 Å². The molecule has 0 unspecified atom stereocenters. The monoisotopic (exact) mass is 401 g/mol. The predicted octanol–water partition coefficient (Wildman–Crippen LogP) is 4.82. The van der Waals surface area contributed by atoms with Crippen LogP contribution in [0.2, 0.25) is 0 Å². The van der Waals surface area contributed by atoms with Crippen molar-refractivity contribution in [3.63, 3.8) is 0 Å². The number of rotatable bonds is 5. The Morgan fingerprint density at radius 3 is 2.60 bits per heavy atom. The maximum Gasteiger partial charge on any atom is 0.122 e. The third-order valence-electron chi connectivity index (χ3n) is 2.69. The van der Waals surface area contributed by atoms with E-state index in [1.54, 1.807) is 0 Å². The van der Waals surface area contributed by atoms with Crippen molar-refractivity contribution in [2.75, 3.05) is 0 Å². The van der Waals surface area contributed by atoms with Crippen LogP contribution in [0.4, 0.5) is 0 Å². The van der Waals surface area contributed by atoms with Gasteiger partial charge in [0.15, 0.2) is 0 Å². The number of nitrogens with one attached hydrogen (secondary N) is 1. The molecule has 4 heteroatoms. The Kier molecular flexibility index (Phi) is 5.46. The molecular weight excluding hydrogens is 381 g/mol. The summed E-state index contributed by atoms with van der Waals surface area (Å²) in [6.07, 6.45) is 0. The van der Waals surface area contributed by atoms with E-state index in [1.165, 1.54) is 13.3 Å². The molecule has 1 N–H and O–H groups in total. The molecule has 0 aliphatic heterocycles. The molecule has 0 fully saturated rings. The van der Waals surface area contributed by atoms with Crippen molar-refractivity contribution in [1.82, 2.24) is 5.32 Å². The third-order valence-corrected chi connectivity index (χ3v) is 4.42. The van der Waals surface area contributed by atoms with Gasteiger partial charge >= 0.3 is 0 Å². The lowest BCUT2D eigenvalue weighted by molar-refractivity contribution is 0.309. The fraction of sp³-hybridized carbons (Fsp3) is 0.375. The second kappa shape index (κ2) is 6.91. The van der Waals surface area contributed by atoms with Gasteiger partial charge in [0.2, 0.25) is 0 Å². The molecular formula is C16H20INOS. The van der Waals surface area contributed by atoms with Gasteiger partial charge in [-0.2, -0.15) is 0 Å². The minimum absolute atomic E-state index is 0.154. The minimum Gasteiger partial charge on any atom is -0.488 e. The van der Waals surface area contributed by atoms with E-state index >= 15 is 0 Å². The molecule has 0 spiro atoms. The van der Waals surface area contributed by atoms with Crippen LogP contribution in [0.1, 0.15) is 30.5 Å².